The monoisotopic (exact) mass is 662 g/mol. The molecule has 6 aromatic rings. The predicted molar refractivity (Wildman–Crippen MR) is 182 cm³/mol. The van der Waals surface area contributed by atoms with Crippen molar-refractivity contribution >= 4 is 57.6 Å². The van der Waals surface area contributed by atoms with E-state index in [9.17, 15) is 19.2 Å². The van der Waals surface area contributed by atoms with E-state index in [1.54, 1.807) is 68.8 Å². The van der Waals surface area contributed by atoms with Crippen molar-refractivity contribution in [1.29, 1.82) is 0 Å². The Morgan fingerprint density at radius 1 is 0.714 bits per heavy atom. The summed E-state index contributed by atoms with van der Waals surface area (Å²) in [6.07, 6.45) is 7.18. The van der Waals surface area contributed by atoms with Crippen LogP contribution >= 0.6 is 0 Å². The second-order valence-corrected chi connectivity index (χ2v) is 11.2. The highest BCUT2D eigenvalue weighted by Crippen LogP contribution is 2.26. The van der Waals surface area contributed by atoms with Gasteiger partial charge in [-0.05, 0) is 68.8 Å². The van der Waals surface area contributed by atoms with E-state index in [2.05, 4.69) is 30.8 Å². The number of aromatic nitrogens is 8. The molecule has 0 saturated carbocycles. The number of amides is 4. The zero-order valence-corrected chi connectivity index (χ0v) is 27.0. The number of rotatable bonds is 12. The van der Waals surface area contributed by atoms with Crippen LogP contribution in [0.4, 0.5) is 11.9 Å². The van der Waals surface area contributed by atoms with E-state index >= 15 is 0 Å². The quantitative estimate of drug-likeness (QED) is 0.142. The molecule has 2 aromatic carbocycles. The number of nitrogens with zero attached hydrogens (tertiary/aromatic N) is 8. The van der Waals surface area contributed by atoms with Crippen molar-refractivity contribution < 1.29 is 19.2 Å². The number of allylic oxidation sites excluding steroid dienone is 2. The third kappa shape index (κ3) is 6.51. The van der Waals surface area contributed by atoms with E-state index in [-0.39, 0.29) is 41.9 Å². The standard InChI is InChI=1S/C33H34N12O4/c1-4-42-14-10-22(40-42)30(48)38-32-36-24-17-20(28(34)46)8-9-26(24)44(32)12-6-7-13-45-27-19(3)16-21(29(35)47)18-25(27)37-33(45)39-31(49)23-11-15-43(5-2)41-23/h6-11,14-18H,4-5,12-13H2,1-3H3,(H2,34,46)(H2,35,47)(H,36,38,48)(H,37,39,49)/b7-6+. The summed E-state index contributed by atoms with van der Waals surface area (Å²) in [5.41, 5.74) is 15.1. The summed E-state index contributed by atoms with van der Waals surface area (Å²) in [7, 11) is 0. The number of primary amides is 2. The summed E-state index contributed by atoms with van der Waals surface area (Å²) >= 11 is 0. The number of carbonyl (C=O) groups is 4. The lowest BCUT2D eigenvalue weighted by molar-refractivity contribution is 0.0992. The number of aryl methyl sites for hydroxylation is 3. The van der Waals surface area contributed by atoms with Gasteiger partial charge in [0, 0.05) is 49.7 Å². The molecule has 4 amide bonds. The molecule has 0 bridgehead atoms. The lowest BCUT2D eigenvalue weighted by Gasteiger charge is -2.10. The van der Waals surface area contributed by atoms with E-state index in [1.165, 1.54) is 0 Å². The van der Waals surface area contributed by atoms with Crippen molar-refractivity contribution in [3.8, 4) is 0 Å². The minimum absolute atomic E-state index is 0.228. The summed E-state index contributed by atoms with van der Waals surface area (Å²) in [6.45, 7) is 7.45. The second-order valence-electron chi connectivity index (χ2n) is 11.2. The Hall–Kier alpha value is -6.58. The number of fused-ring (bicyclic) bond motifs is 2. The molecule has 49 heavy (non-hydrogen) atoms. The van der Waals surface area contributed by atoms with Crippen LogP contribution in [0.5, 0.6) is 0 Å². The Kier molecular flexibility index (Phi) is 8.76. The molecular formula is C33H34N12O4. The van der Waals surface area contributed by atoms with Gasteiger partial charge < -0.3 is 20.6 Å². The number of nitrogens with one attached hydrogen (secondary N) is 2. The van der Waals surface area contributed by atoms with Crippen LogP contribution < -0.4 is 22.1 Å². The van der Waals surface area contributed by atoms with Gasteiger partial charge in [-0.3, -0.25) is 39.2 Å². The summed E-state index contributed by atoms with van der Waals surface area (Å²) < 4.78 is 6.89. The fourth-order valence-electron chi connectivity index (χ4n) is 5.47. The summed E-state index contributed by atoms with van der Waals surface area (Å²) in [5.74, 6) is -1.56. The van der Waals surface area contributed by atoms with Crippen LogP contribution in [-0.2, 0) is 26.2 Å². The molecule has 4 heterocycles. The van der Waals surface area contributed by atoms with Crippen molar-refractivity contribution in [2.24, 2.45) is 11.5 Å². The van der Waals surface area contributed by atoms with E-state index in [0.29, 0.717) is 40.7 Å². The lowest BCUT2D eigenvalue weighted by atomic mass is 10.1. The highest BCUT2D eigenvalue weighted by atomic mass is 16.2. The molecule has 6 N–H and O–H groups in total. The number of nitrogens with two attached hydrogens (primary N) is 2. The molecule has 0 atom stereocenters. The Balaban J connectivity index is 1.32. The van der Waals surface area contributed by atoms with Gasteiger partial charge in [0.25, 0.3) is 11.8 Å². The molecule has 0 saturated heterocycles. The lowest BCUT2D eigenvalue weighted by Crippen LogP contribution is -2.17. The Morgan fingerprint density at radius 3 is 1.80 bits per heavy atom. The van der Waals surface area contributed by atoms with Crippen molar-refractivity contribution in [3.05, 3.63) is 95.1 Å². The first kappa shape index (κ1) is 32.4. The second kappa shape index (κ2) is 13.3. The molecule has 0 unspecified atom stereocenters. The molecule has 0 aliphatic carbocycles. The molecule has 0 spiro atoms. The maximum absolute atomic E-state index is 13.1. The predicted octanol–water partition coefficient (Wildman–Crippen LogP) is 3.09. The van der Waals surface area contributed by atoms with Gasteiger partial charge in [-0.2, -0.15) is 10.2 Å². The van der Waals surface area contributed by atoms with Crippen LogP contribution in [0.1, 0.15) is 61.1 Å². The Bertz CT molecular complexity index is 2290. The molecule has 0 aliphatic heterocycles. The van der Waals surface area contributed by atoms with Gasteiger partial charge in [-0.25, -0.2) is 9.97 Å². The van der Waals surface area contributed by atoms with Crippen LogP contribution in [0, 0.1) is 6.92 Å². The van der Waals surface area contributed by atoms with Crippen LogP contribution in [0.3, 0.4) is 0 Å². The Labute approximate surface area is 279 Å². The van der Waals surface area contributed by atoms with Crippen LogP contribution in [0.2, 0.25) is 0 Å². The molecule has 250 valence electrons. The highest BCUT2D eigenvalue weighted by Gasteiger charge is 2.20. The van der Waals surface area contributed by atoms with Crippen molar-refractivity contribution in [2.45, 2.75) is 47.0 Å². The average molecular weight is 663 g/mol. The number of imidazole rings is 2. The fourth-order valence-corrected chi connectivity index (χ4v) is 5.47. The van der Waals surface area contributed by atoms with E-state index in [0.717, 1.165) is 5.56 Å². The van der Waals surface area contributed by atoms with Crippen molar-refractivity contribution in [3.63, 3.8) is 0 Å². The molecular weight excluding hydrogens is 628 g/mol. The highest BCUT2D eigenvalue weighted by molar-refractivity contribution is 6.04. The minimum Gasteiger partial charge on any atom is -0.366 e. The first-order valence-electron chi connectivity index (χ1n) is 15.5. The molecule has 0 aliphatic rings. The molecule has 0 radical (unpaired) electrons. The first-order chi connectivity index (χ1) is 23.6. The largest absolute Gasteiger partial charge is 0.366 e. The number of benzene rings is 2. The third-order valence-electron chi connectivity index (χ3n) is 7.94. The van der Waals surface area contributed by atoms with E-state index in [4.69, 9.17) is 11.5 Å². The van der Waals surface area contributed by atoms with Crippen LogP contribution in [0.15, 0.2) is 67.0 Å². The molecule has 0 fully saturated rings. The molecule has 16 heteroatoms. The van der Waals surface area contributed by atoms with Gasteiger partial charge in [0.2, 0.25) is 23.7 Å². The van der Waals surface area contributed by atoms with E-state index in [1.807, 2.05) is 37.5 Å². The number of anilines is 2. The van der Waals surface area contributed by atoms with Crippen LogP contribution in [-0.4, -0.2) is 62.3 Å². The molecule has 16 nitrogen and oxygen atoms in total. The first-order valence-corrected chi connectivity index (χ1v) is 15.5. The third-order valence-corrected chi connectivity index (χ3v) is 7.94. The zero-order chi connectivity index (χ0) is 34.8. The smallest absolute Gasteiger partial charge is 0.278 e. The summed E-state index contributed by atoms with van der Waals surface area (Å²) in [5, 5.41) is 14.2. The van der Waals surface area contributed by atoms with Gasteiger partial charge >= 0.3 is 0 Å². The Morgan fingerprint density at radius 2 is 1.24 bits per heavy atom. The fraction of sp³-hybridized carbons (Fsp3) is 0.212. The zero-order valence-electron chi connectivity index (χ0n) is 27.0. The normalized spacial score (nSPS) is 11.5. The average Bonchev–Trinajstić information content (AvgIpc) is 3.88. The van der Waals surface area contributed by atoms with Crippen LogP contribution in [0.25, 0.3) is 22.1 Å². The van der Waals surface area contributed by atoms with Gasteiger partial charge in [-0.15, -0.1) is 0 Å². The summed E-state index contributed by atoms with van der Waals surface area (Å²) in [4.78, 5) is 59.3. The molecule has 4 aromatic heterocycles. The van der Waals surface area contributed by atoms with Crippen molar-refractivity contribution in [1.82, 2.24) is 38.7 Å². The maximum Gasteiger partial charge on any atom is 0.278 e. The van der Waals surface area contributed by atoms with E-state index < -0.39 is 23.6 Å². The summed E-state index contributed by atoms with van der Waals surface area (Å²) in [6, 6.07) is 11.4. The SMILES string of the molecule is CCn1ccc(C(=O)Nc2nc3cc(C(N)=O)ccc3n2C/C=C/Cn2c(NC(=O)c3ccn(CC)n3)nc3cc(C(N)=O)cc(C)c32)n1. The number of carbonyl (C=O) groups excluding carboxylic acids is 4. The maximum atomic E-state index is 13.1. The van der Waals surface area contributed by atoms with Gasteiger partial charge in [0.15, 0.2) is 11.4 Å². The number of hydrogen-bond acceptors (Lipinski definition) is 8. The van der Waals surface area contributed by atoms with Gasteiger partial charge in [-0.1, -0.05) is 12.2 Å². The minimum atomic E-state index is -0.598. The number of hydrogen-bond donors (Lipinski definition) is 4. The molecule has 6 rings (SSSR count). The van der Waals surface area contributed by atoms with Gasteiger partial charge in [0.1, 0.15) is 0 Å². The van der Waals surface area contributed by atoms with Crippen molar-refractivity contribution in [2.75, 3.05) is 10.6 Å². The topological polar surface area (TPSA) is 216 Å². The van der Waals surface area contributed by atoms with Gasteiger partial charge in [0.05, 0.1) is 22.1 Å².